The summed E-state index contributed by atoms with van der Waals surface area (Å²) in [5.74, 6) is 1.19. The molecule has 22 heavy (non-hydrogen) atoms. The average Bonchev–Trinajstić information content (AvgIpc) is 2.51. The molecule has 0 atom stereocenters. The van der Waals surface area contributed by atoms with Crippen LogP contribution < -0.4 is 3.79 Å². The number of rotatable bonds is 12. The predicted octanol–water partition coefficient (Wildman–Crippen LogP) is 6.83. The largest absolute Gasteiger partial charge is 0.642 e. The SMILES string of the molecule is CCCCC[CH2][Al]([CH2]CCCCC)[O]c1c(C)cccc1C. The van der Waals surface area contributed by atoms with E-state index in [0.717, 1.165) is 0 Å². The third kappa shape index (κ3) is 7.71. The number of para-hydroxylation sites is 1. The van der Waals surface area contributed by atoms with Crippen LogP contribution in [0.3, 0.4) is 0 Å². The van der Waals surface area contributed by atoms with Crippen LogP contribution in [0.1, 0.15) is 76.3 Å². The molecule has 0 saturated carbocycles. The molecule has 0 heterocycles. The number of unbranched alkanes of at least 4 members (excludes halogenated alkanes) is 6. The first kappa shape index (κ1) is 19.6. The molecule has 1 aromatic carbocycles. The standard InChI is InChI=1S/C8H10O.2C6H13.Al/c1-6-4-3-5-7(2)8(6)9;2*1-3-5-6-4-2;/h3-5,9H,1-2H3;2*1,3-6H2,2H3;/q;;;+1/p-1. The van der Waals surface area contributed by atoms with Crippen molar-refractivity contribution in [3.05, 3.63) is 29.3 Å². The Kier molecular flexibility index (Phi) is 10.7. The molecule has 0 spiro atoms. The van der Waals surface area contributed by atoms with Crippen LogP contribution in [0.5, 0.6) is 5.75 Å². The molecule has 0 radical (unpaired) electrons. The summed E-state index contributed by atoms with van der Waals surface area (Å²) in [6, 6.07) is 6.50. The van der Waals surface area contributed by atoms with Gasteiger partial charge < -0.3 is 3.79 Å². The maximum absolute atomic E-state index is 6.58. The van der Waals surface area contributed by atoms with Gasteiger partial charge in [-0.05, 0) is 25.0 Å². The second-order valence-corrected chi connectivity index (χ2v) is 9.29. The normalized spacial score (nSPS) is 10.7. The fourth-order valence-corrected chi connectivity index (χ4v) is 5.73. The molecule has 124 valence electrons. The zero-order chi connectivity index (χ0) is 16.2. The van der Waals surface area contributed by atoms with Gasteiger partial charge >= 0.3 is 14.5 Å². The fourth-order valence-electron chi connectivity index (χ4n) is 3.01. The van der Waals surface area contributed by atoms with Gasteiger partial charge in [-0.1, -0.05) is 94.0 Å². The smallest absolute Gasteiger partial charge is 0.546 e. The van der Waals surface area contributed by atoms with Gasteiger partial charge in [0, 0.05) is 0 Å². The first-order valence-electron chi connectivity index (χ1n) is 9.41. The van der Waals surface area contributed by atoms with E-state index in [-0.39, 0.29) is 0 Å². The topological polar surface area (TPSA) is 9.23 Å². The third-order valence-electron chi connectivity index (χ3n) is 4.45. The van der Waals surface area contributed by atoms with E-state index in [1.165, 1.54) is 78.8 Å². The molecule has 0 fully saturated rings. The second kappa shape index (κ2) is 12.0. The maximum atomic E-state index is 6.58. The highest BCUT2D eigenvalue weighted by Gasteiger charge is 2.23. The molecule has 0 aliphatic rings. The van der Waals surface area contributed by atoms with Crippen molar-refractivity contribution < 1.29 is 3.79 Å². The van der Waals surface area contributed by atoms with Gasteiger partial charge in [0.2, 0.25) is 0 Å². The van der Waals surface area contributed by atoms with Gasteiger partial charge in [0.15, 0.2) is 0 Å². The van der Waals surface area contributed by atoms with E-state index in [9.17, 15) is 0 Å². The molecule has 0 aliphatic heterocycles. The summed E-state index contributed by atoms with van der Waals surface area (Å²) in [5.41, 5.74) is 2.61. The number of benzene rings is 1. The van der Waals surface area contributed by atoms with Crippen molar-refractivity contribution in [2.45, 2.75) is 89.6 Å². The van der Waals surface area contributed by atoms with Gasteiger partial charge in [0.1, 0.15) is 0 Å². The minimum Gasteiger partial charge on any atom is -0.642 e. The molecule has 0 amide bonds. The van der Waals surface area contributed by atoms with Crippen LogP contribution in [0.25, 0.3) is 0 Å². The van der Waals surface area contributed by atoms with Crippen molar-refractivity contribution >= 4 is 14.5 Å². The van der Waals surface area contributed by atoms with E-state index in [0.29, 0.717) is 0 Å². The third-order valence-corrected chi connectivity index (χ3v) is 7.13. The van der Waals surface area contributed by atoms with Crippen LogP contribution >= 0.6 is 0 Å². The van der Waals surface area contributed by atoms with Gasteiger partial charge in [0.25, 0.3) is 0 Å². The number of aryl methyl sites for hydroxylation is 2. The van der Waals surface area contributed by atoms with Crippen LogP contribution in [0.4, 0.5) is 0 Å². The lowest BCUT2D eigenvalue weighted by molar-refractivity contribution is 0.538. The van der Waals surface area contributed by atoms with Gasteiger partial charge in [-0.15, -0.1) is 0 Å². The van der Waals surface area contributed by atoms with Crippen LogP contribution in [-0.2, 0) is 0 Å². The Morgan fingerprint density at radius 2 is 1.27 bits per heavy atom. The highest BCUT2D eigenvalue weighted by Crippen LogP contribution is 2.25. The highest BCUT2D eigenvalue weighted by molar-refractivity contribution is 6.52. The van der Waals surface area contributed by atoms with Crippen molar-refractivity contribution in [3.63, 3.8) is 0 Å². The molecule has 2 heteroatoms. The van der Waals surface area contributed by atoms with Crippen LogP contribution in [0, 0.1) is 13.8 Å². The molecule has 1 aromatic rings. The quantitative estimate of drug-likeness (QED) is 0.303. The van der Waals surface area contributed by atoms with Gasteiger partial charge in [-0.3, -0.25) is 0 Å². The van der Waals surface area contributed by atoms with E-state index < -0.39 is 14.5 Å². The van der Waals surface area contributed by atoms with Gasteiger partial charge in [-0.25, -0.2) is 0 Å². The van der Waals surface area contributed by atoms with E-state index in [4.69, 9.17) is 3.79 Å². The molecule has 0 N–H and O–H groups in total. The summed E-state index contributed by atoms with van der Waals surface area (Å²) in [4.78, 5) is 0. The van der Waals surface area contributed by atoms with Crippen LogP contribution in [-0.4, -0.2) is 14.5 Å². The Balaban J connectivity index is 2.55. The predicted molar refractivity (Wildman–Crippen MR) is 100 cm³/mol. The molecular formula is C20H35AlO. The zero-order valence-corrected chi connectivity index (χ0v) is 16.4. The van der Waals surface area contributed by atoms with Crippen molar-refractivity contribution in [3.8, 4) is 5.75 Å². The summed E-state index contributed by atoms with van der Waals surface area (Å²) in [7, 11) is 0. The van der Waals surface area contributed by atoms with Crippen molar-refractivity contribution in [2.24, 2.45) is 0 Å². The second-order valence-electron chi connectivity index (χ2n) is 6.66. The molecule has 0 aromatic heterocycles. The van der Waals surface area contributed by atoms with E-state index in [2.05, 4.69) is 45.9 Å². The van der Waals surface area contributed by atoms with Crippen LogP contribution in [0.2, 0.25) is 10.6 Å². The maximum Gasteiger partial charge on any atom is 0.546 e. The summed E-state index contributed by atoms with van der Waals surface area (Å²) < 4.78 is 6.58. The summed E-state index contributed by atoms with van der Waals surface area (Å²) in [5, 5.41) is 2.69. The minimum atomic E-state index is -1.10. The Labute approximate surface area is 143 Å². The molecule has 1 rings (SSSR count). The Morgan fingerprint density at radius 3 is 1.73 bits per heavy atom. The van der Waals surface area contributed by atoms with Crippen molar-refractivity contribution in [2.75, 3.05) is 0 Å². The van der Waals surface area contributed by atoms with Gasteiger partial charge in [0.05, 0.1) is 5.75 Å². The molecule has 0 saturated heterocycles. The van der Waals surface area contributed by atoms with E-state index in [1.807, 2.05) is 0 Å². The molecule has 1 nitrogen and oxygen atoms in total. The Hall–Kier alpha value is -0.448. The Bertz CT molecular complexity index is 370. The molecule has 0 unspecified atom stereocenters. The van der Waals surface area contributed by atoms with Crippen LogP contribution in [0.15, 0.2) is 18.2 Å². The lowest BCUT2D eigenvalue weighted by Crippen LogP contribution is -2.22. The first-order chi connectivity index (χ1) is 10.7. The molecule has 0 bridgehead atoms. The first-order valence-corrected chi connectivity index (χ1v) is 11.5. The average molecular weight is 318 g/mol. The number of hydrogen-bond donors (Lipinski definition) is 0. The Morgan fingerprint density at radius 1 is 0.773 bits per heavy atom. The highest BCUT2D eigenvalue weighted by atomic mass is 27.2. The van der Waals surface area contributed by atoms with Gasteiger partial charge in [-0.2, -0.15) is 0 Å². The lowest BCUT2D eigenvalue weighted by atomic mass is 10.1. The fraction of sp³-hybridized carbons (Fsp3) is 0.700. The molecular weight excluding hydrogens is 283 g/mol. The van der Waals surface area contributed by atoms with E-state index >= 15 is 0 Å². The monoisotopic (exact) mass is 318 g/mol. The number of hydrogen-bond acceptors (Lipinski definition) is 1. The summed E-state index contributed by atoms with van der Waals surface area (Å²) in [6.45, 7) is 8.93. The minimum absolute atomic E-state index is 1.10. The molecule has 0 aliphatic carbocycles. The van der Waals surface area contributed by atoms with E-state index in [1.54, 1.807) is 0 Å². The van der Waals surface area contributed by atoms with Crippen molar-refractivity contribution in [1.82, 2.24) is 0 Å². The van der Waals surface area contributed by atoms with Crippen molar-refractivity contribution in [1.29, 1.82) is 0 Å². The zero-order valence-electron chi connectivity index (χ0n) is 15.3. The summed E-state index contributed by atoms with van der Waals surface area (Å²) in [6.07, 6.45) is 10.9. The lowest BCUT2D eigenvalue weighted by Gasteiger charge is -2.19. The summed E-state index contributed by atoms with van der Waals surface area (Å²) >= 11 is -1.10.